The van der Waals surface area contributed by atoms with E-state index in [9.17, 15) is 9.59 Å². The smallest absolute Gasteiger partial charge is 0.335 e. The summed E-state index contributed by atoms with van der Waals surface area (Å²) in [5.74, 6) is -0.797. The topological polar surface area (TPSA) is 79.2 Å². The number of hydrogen-bond donors (Lipinski definition) is 1. The van der Waals surface area contributed by atoms with E-state index in [1.54, 1.807) is 37.4 Å². The fraction of sp³-hybridized carbons (Fsp3) is 0.105. The highest BCUT2D eigenvalue weighted by atomic mass is 79.9. The largest absolute Gasteiger partial charge is 0.495 e. The quantitative estimate of drug-likeness (QED) is 0.619. The maximum Gasteiger partial charge on any atom is 0.335 e. The summed E-state index contributed by atoms with van der Waals surface area (Å²) < 4.78 is 6.10. The maximum atomic E-state index is 12.6. The number of likely N-dealkylation sites (N-methyl/N-ethyl adjacent to an activating group) is 1. The van der Waals surface area contributed by atoms with E-state index in [-0.39, 0.29) is 11.5 Å². The Morgan fingerprint density at radius 3 is 2.79 bits per heavy atom. The molecule has 0 bridgehead atoms. The number of carbonyl (C=O) groups excluding carboxylic acids is 1. The van der Waals surface area contributed by atoms with E-state index in [4.69, 9.17) is 21.4 Å². The first-order chi connectivity index (χ1) is 13.3. The molecular formula is C19H14BrClN2O4S. The molecule has 0 aliphatic carbocycles. The minimum absolute atomic E-state index is 0.128. The molecule has 1 N–H and O–H groups in total. The van der Waals surface area contributed by atoms with Crippen molar-refractivity contribution in [3.05, 3.63) is 61.9 Å². The predicted octanol–water partition coefficient (Wildman–Crippen LogP) is 5.04. The number of benzene rings is 2. The highest BCUT2D eigenvalue weighted by Crippen LogP contribution is 2.38. The molecule has 28 heavy (non-hydrogen) atoms. The predicted molar refractivity (Wildman–Crippen MR) is 115 cm³/mol. The summed E-state index contributed by atoms with van der Waals surface area (Å²) >= 11 is 10.8. The van der Waals surface area contributed by atoms with E-state index >= 15 is 0 Å². The molecule has 1 aliphatic heterocycles. The fourth-order valence-corrected chi connectivity index (χ4v) is 4.40. The van der Waals surface area contributed by atoms with Gasteiger partial charge in [-0.1, -0.05) is 33.6 Å². The maximum absolute atomic E-state index is 12.6. The first-order valence-electron chi connectivity index (χ1n) is 7.93. The second-order valence-corrected chi connectivity index (χ2v) is 8.07. The molecule has 1 fully saturated rings. The summed E-state index contributed by atoms with van der Waals surface area (Å²) in [6.07, 6.45) is 1.69. The number of aromatic carboxylic acids is 1. The Balaban J connectivity index is 1.97. The number of ether oxygens (including phenoxy) is 1. The summed E-state index contributed by atoms with van der Waals surface area (Å²) in [5, 5.41) is 9.98. The van der Waals surface area contributed by atoms with Crippen molar-refractivity contribution in [3.8, 4) is 5.75 Å². The zero-order valence-corrected chi connectivity index (χ0v) is 17.9. The Bertz CT molecular complexity index is 1040. The van der Waals surface area contributed by atoms with Crippen molar-refractivity contribution < 1.29 is 19.4 Å². The number of rotatable bonds is 4. The summed E-state index contributed by atoms with van der Waals surface area (Å²) in [7, 11) is 3.12. The average molecular weight is 482 g/mol. The van der Waals surface area contributed by atoms with Gasteiger partial charge in [-0.15, -0.1) is 0 Å². The van der Waals surface area contributed by atoms with Crippen LogP contribution >= 0.6 is 39.3 Å². The second kappa shape index (κ2) is 8.38. The molecule has 0 radical (unpaired) electrons. The number of methoxy groups -OCH3 is 1. The van der Waals surface area contributed by atoms with Gasteiger partial charge in [-0.05, 0) is 48.2 Å². The first-order valence-corrected chi connectivity index (χ1v) is 9.91. The molecule has 1 amide bonds. The van der Waals surface area contributed by atoms with Crippen LogP contribution in [0.25, 0.3) is 6.08 Å². The van der Waals surface area contributed by atoms with Crippen molar-refractivity contribution in [2.75, 3.05) is 14.2 Å². The minimum Gasteiger partial charge on any atom is -0.495 e. The third kappa shape index (κ3) is 4.24. The van der Waals surface area contributed by atoms with Gasteiger partial charge in [-0.3, -0.25) is 9.69 Å². The van der Waals surface area contributed by atoms with Gasteiger partial charge in [0.2, 0.25) is 0 Å². The molecule has 0 saturated carbocycles. The number of amidine groups is 1. The number of aliphatic imine (C=N–C) groups is 1. The number of carbonyl (C=O) groups is 2. The van der Waals surface area contributed by atoms with E-state index in [0.717, 1.165) is 4.47 Å². The van der Waals surface area contributed by atoms with Gasteiger partial charge in [-0.25, -0.2) is 9.79 Å². The average Bonchev–Trinajstić information content (AvgIpc) is 2.89. The minimum atomic E-state index is -1.04. The van der Waals surface area contributed by atoms with Crippen LogP contribution in [0.1, 0.15) is 15.9 Å². The van der Waals surface area contributed by atoms with Crippen LogP contribution in [0.3, 0.4) is 0 Å². The van der Waals surface area contributed by atoms with Crippen LogP contribution in [0.4, 0.5) is 5.69 Å². The molecule has 2 aromatic carbocycles. The lowest BCUT2D eigenvalue weighted by atomic mass is 10.2. The molecule has 9 heteroatoms. The normalized spacial score (nSPS) is 16.9. The van der Waals surface area contributed by atoms with Crippen molar-refractivity contribution >= 4 is 68.1 Å². The Morgan fingerprint density at radius 2 is 2.11 bits per heavy atom. The standard InChI is InChI=1S/C19H14BrClN2O4S/c1-23-17(24)15(8-11-6-12(20)9-14(21)16(11)27-2)28-19(23)22-13-5-3-4-10(7-13)18(25)26/h3-9H,1-2H3,(H,25,26)/b15-8-,22-19?. The van der Waals surface area contributed by atoms with Crippen molar-refractivity contribution in [2.24, 2.45) is 4.99 Å². The molecule has 0 atom stereocenters. The van der Waals surface area contributed by atoms with Crippen molar-refractivity contribution in [1.82, 2.24) is 4.90 Å². The molecule has 144 valence electrons. The summed E-state index contributed by atoms with van der Waals surface area (Å²) in [5.41, 5.74) is 1.23. The molecule has 2 aromatic rings. The number of carboxylic acid groups (broad SMARTS) is 1. The Morgan fingerprint density at radius 1 is 1.36 bits per heavy atom. The van der Waals surface area contributed by atoms with Gasteiger partial charge in [-0.2, -0.15) is 0 Å². The van der Waals surface area contributed by atoms with Crippen molar-refractivity contribution in [1.29, 1.82) is 0 Å². The van der Waals surface area contributed by atoms with Gasteiger partial charge >= 0.3 is 5.97 Å². The highest BCUT2D eigenvalue weighted by molar-refractivity contribution is 9.10. The van der Waals surface area contributed by atoms with Crippen molar-refractivity contribution in [3.63, 3.8) is 0 Å². The van der Waals surface area contributed by atoms with Crippen molar-refractivity contribution in [2.45, 2.75) is 0 Å². The van der Waals surface area contributed by atoms with Crippen LogP contribution < -0.4 is 4.74 Å². The lowest BCUT2D eigenvalue weighted by molar-refractivity contribution is -0.121. The number of thioether (sulfide) groups is 1. The van der Waals surface area contributed by atoms with Gasteiger partial charge in [0.1, 0.15) is 5.75 Å². The summed E-state index contributed by atoms with van der Waals surface area (Å²) in [6, 6.07) is 9.73. The number of amides is 1. The van der Waals surface area contributed by atoms with Gasteiger partial charge in [0, 0.05) is 17.1 Å². The number of hydrogen-bond acceptors (Lipinski definition) is 5. The van der Waals surface area contributed by atoms with E-state index < -0.39 is 5.97 Å². The fourth-order valence-electron chi connectivity index (χ4n) is 2.51. The van der Waals surface area contributed by atoms with E-state index in [0.29, 0.717) is 32.1 Å². The molecule has 1 heterocycles. The number of halogens is 2. The molecule has 0 aromatic heterocycles. The van der Waals surface area contributed by atoms with Crippen LogP contribution in [0, 0.1) is 0 Å². The Labute approximate surface area is 179 Å². The third-order valence-electron chi connectivity index (χ3n) is 3.85. The summed E-state index contributed by atoms with van der Waals surface area (Å²) in [6.45, 7) is 0. The molecule has 6 nitrogen and oxygen atoms in total. The molecule has 0 spiro atoms. The van der Waals surface area contributed by atoms with Crippen LogP contribution in [0.5, 0.6) is 5.75 Å². The van der Waals surface area contributed by atoms with E-state index in [1.165, 1.54) is 35.9 Å². The molecule has 1 saturated heterocycles. The van der Waals surface area contributed by atoms with E-state index in [1.807, 2.05) is 0 Å². The number of nitrogens with zero attached hydrogens (tertiary/aromatic N) is 2. The van der Waals surface area contributed by atoms with Crippen LogP contribution in [-0.4, -0.2) is 41.2 Å². The second-order valence-electron chi connectivity index (χ2n) is 5.73. The Kier molecular flexibility index (Phi) is 6.12. The van der Waals surface area contributed by atoms with Crippen LogP contribution in [-0.2, 0) is 4.79 Å². The highest BCUT2D eigenvalue weighted by Gasteiger charge is 2.30. The van der Waals surface area contributed by atoms with Gasteiger partial charge in [0.05, 0.1) is 28.3 Å². The molecule has 3 rings (SSSR count). The van der Waals surface area contributed by atoms with Crippen LogP contribution in [0.15, 0.2) is 50.8 Å². The van der Waals surface area contributed by atoms with E-state index in [2.05, 4.69) is 20.9 Å². The molecule has 1 aliphatic rings. The zero-order chi connectivity index (χ0) is 20.4. The SMILES string of the molecule is COc1c(Cl)cc(Br)cc1/C=C1\SC(=Nc2cccc(C(=O)O)c2)N(C)C1=O. The Hall–Kier alpha value is -2.29. The third-order valence-corrected chi connectivity index (χ3v) is 5.65. The van der Waals surface area contributed by atoms with Gasteiger partial charge in [0.15, 0.2) is 5.17 Å². The molecular weight excluding hydrogens is 468 g/mol. The lowest BCUT2D eigenvalue weighted by Gasteiger charge is -2.08. The zero-order valence-electron chi connectivity index (χ0n) is 14.8. The monoisotopic (exact) mass is 480 g/mol. The first kappa shape index (κ1) is 20.4. The summed E-state index contributed by atoms with van der Waals surface area (Å²) in [4.78, 5) is 30.0. The van der Waals surface area contributed by atoms with Crippen LogP contribution in [0.2, 0.25) is 5.02 Å². The van der Waals surface area contributed by atoms with Gasteiger partial charge < -0.3 is 9.84 Å². The number of carboxylic acids is 1. The molecule has 0 unspecified atom stereocenters. The van der Waals surface area contributed by atoms with Gasteiger partial charge in [0.25, 0.3) is 5.91 Å². The lowest BCUT2D eigenvalue weighted by Crippen LogP contribution is -2.23.